The van der Waals surface area contributed by atoms with Crippen molar-refractivity contribution < 1.29 is 19.5 Å². The molecular formula is C23H20Cl4N2O4. The van der Waals surface area contributed by atoms with E-state index in [0.29, 0.717) is 19.3 Å². The van der Waals surface area contributed by atoms with E-state index in [2.05, 4.69) is 10.6 Å². The molecule has 6 nitrogen and oxygen atoms in total. The van der Waals surface area contributed by atoms with Crippen LogP contribution in [0.25, 0.3) is 0 Å². The van der Waals surface area contributed by atoms with Gasteiger partial charge in [-0.25, -0.2) is 4.79 Å². The van der Waals surface area contributed by atoms with Gasteiger partial charge >= 0.3 is 5.97 Å². The van der Waals surface area contributed by atoms with Crippen molar-refractivity contribution in [1.29, 1.82) is 0 Å². The molecule has 0 spiro atoms. The third-order valence-corrected chi connectivity index (χ3v) is 6.55. The molecule has 0 bridgehead atoms. The zero-order valence-corrected chi connectivity index (χ0v) is 20.2. The molecule has 2 unspecified atom stereocenters. The van der Waals surface area contributed by atoms with Gasteiger partial charge in [-0.15, -0.1) is 0 Å². The summed E-state index contributed by atoms with van der Waals surface area (Å²) in [5.74, 6) is -2.19. The summed E-state index contributed by atoms with van der Waals surface area (Å²) in [6.07, 6.45) is 3.69. The summed E-state index contributed by atoms with van der Waals surface area (Å²) < 4.78 is 0. The lowest BCUT2D eigenvalue weighted by atomic mass is 9.91. The Morgan fingerprint density at radius 1 is 0.909 bits per heavy atom. The fourth-order valence-corrected chi connectivity index (χ4v) is 4.72. The molecule has 0 heterocycles. The number of hydrogen-bond donors (Lipinski definition) is 3. The highest BCUT2D eigenvalue weighted by Crippen LogP contribution is 2.27. The van der Waals surface area contributed by atoms with Crippen LogP contribution in [0.5, 0.6) is 0 Å². The monoisotopic (exact) mass is 528 g/mol. The molecule has 10 heteroatoms. The Morgan fingerprint density at radius 2 is 1.42 bits per heavy atom. The van der Waals surface area contributed by atoms with Crippen molar-refractivity contribution in [2.45, 2.75) is 37.8 Å². The first-order chi connectivity index (χ1) is 15.7. The molecule has 2 aromatic rings. The molecule has 2 atom stereocenters. The van der Waals surface area contributed by atoms with Crippen LogP contribution < -0.4 is 10.6 Å². The second-order valence-electron chi connectivity index (χ2n) is 7.57. The summed E-state index contributed by atoms with van der Waals surface area (Å²) in [6.45, 7) is 0. The van der Waals surface area contributed by atoms with E-state index in [-0.39, 0.29) is 49.6 Å². The van der Waals surface area contributed by atoms with E-state index < -0.39 is 17.9 Å². The Kier molecular flexibility index (Phi) is 8.65. The third kappa shape index (κ3) is 6.42. The number of carbonyl (C=O) groups excluding carboxylic acids is 2. The molecule has 0 radical (unpaired) electrons. The first kappa shape index (κ1) is 25.4. The van der Waals surface area contributed by atoms with Gasteiger partial charge in [0.05, 0.1) is 31.2 Å². The predicted molar refractivity (Wildman–Crippen MR) is 130 cm³/mol. The maximum atomic E-state index is 12.6. The summed E-state index contributed by atoms with van der Waals surface area (Å²) in [5, 5.41) is 15.8. The summed E-state index contributed by atoms with van der Waals surface area (Å²) in [6, 6.07) is 8.16. The summed E-state index contributed by atoms with van der Waals surface area (Å²) in [4.78, 5) is 36.9. The SMILES string of the molecule is O=C(NC1CC=C(CC(NC(=O)c2c(Cl)cccc2Cl)C(=O)O)CC1)c1c(Cl)cccc1Cl. The topological polar surface area (TPSA) is 95.5 Å². The van der Waals surface area contributed by atoms with Gasteiger partial charge in [0.2, 0.25) is 0 Å². The number of carbonyl (C=O) groups is 3. The molecule has 174 valence electrons. The Bertz CT molecular complexity index is 1080. The number of carboxylic acid groups (broad SMARTS) is 1. The Hall–Kier alpha value is -2.25. The number of nitrogens with one attached hydrogen (secondary N) is 2. The molecule has 0 saturated heterocycles. The molecule has 0 fully saturated rings. The van der Waals surface area contributed by atoms with Crippen molar-refractivity contribution in [3.63, 3.8) is 0 Å². The quantitative estimate of drug-likeness (QED) is 0.396. The fourth-order valence-electron chi connectivity index (χ4n) is 3.58. The number of rotatable bonds is 7. The van der Waals surface area contributed by atoms with Crippen LogP contribution in [-0.4, -0.2) is 35.0 Å². The van der Waals surface area contributed by atoms with Crippen LogP contribution >= 0.6 is 46.4 Å². The summed E-state index contributed by atoms with van der Waals surface area (Å²) in [5.41, 5.74) is 1.13. The molecule has 0 saturated carbocycles. The van der Waals surface area contributed by atoms with Gasteiger partial charge in [-0.1, -0.05) is 70.2 Å². The van der Waals surface area contributed by atoms with Crippen molar-refractivity contribution in [3.8, 4) is 0 Å². The number of aliphatic carboxylic acids is 1. The van der Waals surface area contributed by atoms with Crippen molar-refractivity contribution in [1.82, 2.24) is 10.6 Å². The standard InChI is InChI=1S/C23H20Cl4N2O4/c24-14-3-1-4-15(25)19(14)21(30)28-13-9-7-12(8-10-13)11-18(23(32)33)29-22(31)20-16(26)5-2-6-17(20)27/h1-7,13,18H,8-11H2,(H,28,30)(H,29,31)(H,32,33). The van der Waals surface area contributed by atoms with E-state index in [4.69, 9.17) is 46.4 Å². The van der Waals surface area contributed by atoms with Gasteiger partial charge in [-0.05, 0) is 49.9 Å². The highest BCUT2D eigenvalue weighted by Gasteiger charge is 2.26. The van der Waals surface area contributed by atoms with Gasteiger partial charge in [-0.3, -0.25) is 9.59 Å². The molecule has 3 rings (SSSR count). The average Bonchev–Trinajstić information content (AvgIpc) is 2.74. The molecule has 1 aliphatic carbocycles. The van der Waals surface area contributed by atoms with Gasteiger partial charge in [0.25, 0.3) is 11.8 Å². The molecule has 2 amide bonds. The van der Waals surface area contributed by atoms with Crippen LogP contribution in [0, 0.1) is 0 Å². The molecule has 0 aliphatic heterocycles. The lowest BCUT2D eigenvalue weighted by Gasteiger charge is -2.25. The Morgan fingerprint density at radius 3 is 1.88 bits per heavy atom. The average molecular weight is 530 g/mol. The van der Waals surface area contributed by atoms with E-state index >= 15 is 0 Å². The molecule has 33 heavy (non-hydrogen) atoms. The number of carboxylic acids is 1. The minimum atomic E-state index is -1.17. The van der Waals surface area contributed by atoms with Gasteiger partial charge in [0.1, 0.15) is 6.04 Å². The van der Waals surface area contributed by atoms with E-state index in [9.17, 15) is 19.5 Å². The maximum absolute atomic E-state index is 12.6. The van der Waals surface area contributed by atoms with Gasteiger partial charge in [-0.2, -0.15) is 0 Å². The summed E-state index contributed by atoms with van der Waals surface area (Å²) in [7, 11) is 0. The molecule has 3 N–H and O–H groups in total. The van der Waals surface area contributed by atoms with Crippen LogP contribution in [0.3, 0.4) is 0 Å². The zero-order valence-electron chi connectivity index (χ0n) is 17.2. The molecule has 1 aliphatic rings. The van der Waals surface area contributed by atoms with Crippen molar-refractivity contribution >= 4 is 64.2 Å². The van der Waals surface area contributed by atoms with E-state index in [1.807, 2.05) is 6.08 Å². The normalized spacial score (nSPS) is 16.5. The van der Waals surface area contributed by atoms with E-state index in [1.54, 1.807) is 24.3 Å². The van der Waals surface area contributed by atoms with Crippen molar-refractivity contribution in [2.24, 2.45) is 0 Å². The van der Waals surface area contributed by atoms with Crippen molar-refractivity contribution in [2.75, 3.05) is 0 Å². The van der Waals surface area contributed by atoms with Gasteiger partial charge in [0, 0.05) is 6.04 Å². The number of amides is 2. The largest absolute Gasteiger partial charge is 0.480 e. The van der Waals surface area contributed by atoms with Crippen LogP contribution in [-0.2, 0) is 4.79 Å². The van der Waals surface area contributed by atoms with Gasteiger partial charge in [0.15, 0.2) is 0 Å². The van der Waals surface area contributed by atoms with E-state index in [1.165, 1.54) is 12.1 Å². The highest BCUT2D eigenvalue weighted by molar-refractivity contribution is 6.40. The minimum absolute atomic E-state index is 0.0331. The van der Waals surface area contributed by atoms with Crippen LogP contribution in [0.1, 0.15) is 46.4 Å². The summed E-state index contributed by atoms with van der Waals surface area (Å²) >= 11 is 24.3. The third-order valence-electron chi connectivity index (χ3n) is 5.29. The lowest BCUT2D eigenvalue weighted by Crippen LogP contribution is -2.42. The van der Waals surface area contributed by atoms with Crippen molar-refractivity contribution in [3.05, 3.63) is 79.3 Å². The first-order valence-corrected chi connectivity index (χ1v) is 11.6. The van der Waals surface area contributed by atoms with E-state index in [0.717, 1.165) is 5.57 Å². The Labute approximate surface area is 210 Å². The molecule has 0 aromatic heterocycles. The second-order valence-corrected chi connectivity index (χ2v) is 9.20. The van der Waals surface area contributed by atoms with Crippen LogP contribution in [0.2, 0.25) is 20.1 Å². The molecular weight excluding hydrogens is 510 g/mol. The Balaban J connectivity index is 1.62. The lowest BCUT2D eigenvalue weighted by molar-refractivity contribution is -0.139. The zero-order chi connectivity index (χ0) is 24.1. The fraction of sp³-hybridized carbons (Fsp3) is 0.261. The first-order valence-electron chi connectivity index (χ1n) is 10.1. The number of halogens is 4. The van der Waals surface area contributed by atoms with Crippen LogP contribution in [0.15, 0.2) is 48.0 Å². The second kappa shape index (κ2) is 11.3. The number of hydrogen-bond acceptors (Lipinski definition) is 3. The predicted octanol–water partition coefficient (Wildman–Crippen LogP) is 5.78. The smallest absolute Gasteiger partial charge is 0.326 e. The van der Waals surface area contributed by atoms with Gasteiger partial charge < -0.3 is 15.7 Å². The molecule has 2 aromatic carbocycles. The van der Waals surface area contributed by atoms with Crippen LogP contribution in [0.4, 0.5) is 0 Å². The number of benzene rings is 2. The highest BCUT2D eigenvalue weighted by atomic mass is 35.5. The minimum Gasteiger partial charge on any atom is -0.480 e. The maximum Gasteiger partial charge on any atom is 0.326 e.